The Morgan fingerprint density at radius 3 is 1.48 bits per heavy atom. The molecule has 0 saturated carbocycles. The zero-order valence-corrected chi connectivity index (χ0v) is 25.7. The summed E-state index contributed by atoms with van der Waals surface area (Å²) in [5.74, 6) is 0. The van der Waals surface area contributed by atoms with E-state index in [0.29, 0.717) is 0 Å². The van der Waals surface area contributed by atoms with Gasteiger partial charge in [0.25, 0.3) is 0 Å². The van der Waals surface area contributed by atoms with Crippen LogP contribution in [0, 0.1) is 0 Å². The van der Waals surface area contributed by atoms with Crippen molar-refractivity contribution in [1.82, 2.24) is 0 Å². The Balaban J connectivity index is 1.30. The van der Waals surface area contributed by atoms with Crippen LogP contribution in [0.1, 0.15) is 22.3 Å². The van der Waals surface area contributed by atoms with Gasteiger partial charge in [0.1, 0.15) is 0 Å². The zero-order valence-electron chi connectivity index (χ0n) is 24.9. The largest absolute Gasteiger partial charge is 0.0881 e. The molecule has 0 aromatic heterocycles. The summed E-state index contributed by atoms with van der Waals surface area (Å²) in [6.45, 7) is 0. The van der Waals surface area contributed by atoms with E-state index in [4.69, 9.17) is 0 Å². The van der Waals surface area contributed by atoms with Gasteiger partial charge in [0.15, 0.2) is 0 Å². The van der Waals surface area contributed by atoms with Gasteiger partial charge in [-0.15, -0.1) is 0 Å². The molecule has 1 heterocycles. The minimum atomic E-state index is -0.451. The van der Waals surface area contributed by atoms with E-state index >= 15 is 0 Å². The van der Waals surface area contributed by atoms with Crippen LogP contribution in [0.5, 0.6) is 0 Å². The van der Waals surface area contributed by atoms with Crippen LogP contribution in [-0.2, 0) is 5.41 Å². The number of hydrogen-bond acceptors (Lipinski definition) is 1. The van der Waals surface area contributed by atoms with E-state index in [0.717, 1.165) is 0 Å². The maximum Gasteiger partial charge on any atom is 0.0731 e. The van der Waals surface area contributed by atoms with Crippen molar-refractivity contribution >= 4 is 33.3 Å². The Morgan fingerprint density at radius 2 is 0.761 bits per heavy atom. The quantitative estimate of drug-likeness (QED) is 0.181. The standard InChI is InChI=1S/C45H26S/c1-3-23-37-29(15-1)31-17-5-11-27-13-7-25-39(41(27)31)45(37)38-24-4-2-16-30(38)33-19-9-20-34(43(33)45)36-22-10-21-35-32-18-6-12-28-14-8-26-40(42(28)32)46-44(35)36/h1-26H. The van der Waals surface area contributed by atoms with Gasteiger partial charge in [-0.3, -0.25) is 0 Å². The second-order valence-corrected chi connectivity index (χ2v) is 13.8. The van der Waals surface area contributed by atoms with Crippen molar-refractivity contribution in [2.45, 2.75) is 15.2 Å². The Kier molecular flexibility index (Phi) is 4.80. The molecule has 1 aliphatic heterocycles. The number of fused-ring (bicyclic) bond motifs is 11. The molecule has 8 aromatic rings. The first-order valence-electron chi connectivity index (χ1n) is 16.0. The Morgan fingerprint density at radius 1 is 0.326 bits per heavy atom. The van der Waals surface area contributed by atoms with E-state index in [1.54, 1.807) is 0 Å². The third kappa shape index (κ3) is 2.93. The van der Waals surface area contributed by atoms with Crippen LogP contribution in [0.2, 0.25) is 0 Å². The predicted molar refractivity (Wildman–Crippen MR) is 193 cm³/mol. The molecule has 1 unspecified atom stereocenters. The van der Waals surface area contributed by atoms with E-state index in [1.165, 1.54) is 98.1 Å². The van der Waals surface area contributed by atoms with Gasteiger partial charge < -0.3 is 0 Å². The molecule has 1 atom stereocenters. The minimum absolute atomic E-state index is 0.451. The fourth-order valence-electron chi connectivity index (χ4n) is 9.01. The second-order valence-electron chi connectivity index (χ2n) is 12.7. The summed E-state index contributed by atoms with van der Waals surface area (Å²) in [5.41, 5.74) is 15.7. The highest BCUT2D eigenvalue weighted by Crippen LogP contribution is 2.64. The first-order chi connectivity index (χ1) is 22.8. The van der Waals surface area contributed by atoms with Crippen LogP contribution in [-0.4, -0.2) is 0 Å². The highest BCUT2D eigenvalue weighted by molar-refractivity contribution is 8.00. The molecule has 212 valence electrons. The lowest BCUT2D eigenvalue weighted by Gasteiger charge is -2.41. The Labute approximate surface area is 272 Å². The third-order valence-corrected chi connectivity index (χ3v) is 11.9. The maximum absolute atomic E-state index is 2.40. The van der Waals surface area contributed by atoms with E-state index in [1.807, 2.05) is 11.8 Å². The molecule has 3 aliphatic rings. The monoisotopic (exact) mass is 598 g/mol. The normalized spacial score (nSPS) is 16.3. The van der Waals surface area contributed by atoms with E-state index in [9.17, 15) is 0 Å². The summed E-state index contributed by atoms with van der Waals surface area (Å²) >= 11 is 1.93. The average molecular weight is 599 g/mol. The summed E-state index contributed by atoms with van der Waals surface area (Å²) in [5, 5.41) is 5.33. The van der Waals surface area contributed by atoms with Crippen molar-refractivity contribution in [2.75, 3.05) is 0 Å². The van der Waals surface area contributed by atoms with Gasteiger partial charge >= 0.3 is 0 Å². The lowest BCUT2D eigenvalue weighted by atomic mass is 9.60. The topological polar surface area (TPSA) is 0 Å². The molecule has 11 rings (SSSR count). The van der Waals surface area contributed by atoms with Crippen LogP contribution < -0.4 is 0 Å². The zero-order chi connectivity index (χ0) is 30.0. The molecule has 0 bridgehead atoms. The SMILES string of the molecule is c1ccc2c(c1)-c1cccc(-c3cccc4c3Sc3cccc5cccc-4c35)c1C21c2ccccc2-c2cccc3cccc1c23. The van der Waals surface area contributed by atoms with Crippen LogP contribution in [0.4, 0.5) is 0 Å². The summed E-state index contributed by atoms with van der Waals surface area (Å²) in [6.07, 6.45) is 0. The molecule has 2 aliphatic carbocycles. The van der Waals surface area contributed by atoms with Crippen molar-refractivity contribution in [1.29, 1.82) is 0 Å². The summed E-state index contributed by atoms with van der Waals surface area (Å²) in [7, 11) is 0. The van der Waals surface area contributed by atoms with Crippen LogP contribution in [0.15, 0.2) is 168 Å². The second kappa shape index (κ2) is 8.88. The van der Waals surface area contributed by atoms with Crippen LogP contribution in [0.25, 0.3) is 66.1 Å². The molecule has 0 N–H and O–H groups in total. The average Bonchev–Trinajstić information content (AvgIpc) is 3.42. The summed E-state index contributed by atoms with van der Waals surface area (Å²) in [4.78, 5) is 2.68. The lowest BCUT2D eigenvalue weighted by Crippen LogP contribution is -2.32. The van der Waals surface area contributed by atoms with Crippen molar-refractivity contribution < 1.29 is 0 Å². The first-order valence-corrected chi connectivity index (χ1v) is 16.8. The molecule has 1 spiro atoms. The molecule has 0 radical (unpaired) electrons. The summed E-state index contributed by atoms with van der Waals surface area (Å²) < 4.78 is 0. The maximum atomic E-state index is 2.40. The molecule has 0 fully saturated rings. The molecular formula is C45H26S. The van der Waals surface area contributed by atoms with E-state index in [2.05, 4.69) is 158 Å². The van der Waals surface area contributed by atoms with E-state index < -0.39 is 5.41 Å². The van der Waals surface area contributed by atoms with Crippen molar-refractivity contribution in [2.24, 2.45) is 0 Å². The molecule has 0 saturated heterocycles. The third-order valence-electron chi connectivity index (χ3n) is 10.7. The van der Waals surface area contributed by atoms with Gasteiger partial charge in [0, 0.05) is 15.2 Å². The molecule has 1 heteroatoms. The molecule has 0 amide bonds. The highest BCUT2D eigenvalue weighted by Gasteiger charge is 2.51. The lowest BCUT2D eigenvalue weighted by molar-refractivity contribution is 0.775. The van der Waals surface area contributed by atoms with Crippen LogP contribution in [0.3, 0.4) is 0 Å². The van der Waals surface area contributed by atoms with Gasteiger partial charge in [0.05, 0.1) is 5.41 Å². The number of benzene rings is 8. The molecular weight excluding hydrogens is 573 g/mol. The Bertz CT molecular complexity index is 2610. The van der Waals surface area contributed by atoms with Gasteiger partial charge in [-0.05, 0) is 89.0 Å². The van der Waals surface area contributed by atoms with Crippen LogP contribution >= 0.6 is 11.8 Å². The summed E-state index contributed by atoms with van der Waals surface area (Å²) in [6, 6.07) is 59.5. The van der Waals surface area contributed by atoms with Gasteiger partial charge in [-0.25, -0.2) is 0 Å². The van der Waals surface area contributed by atoms with E-state index in [-0.39, 0.29) is 0 Å². The number of hydrogen-bond donors (Lipinski definition) is 0. The van der Waals surface area contributed by atoms with Crippen molar-refractivity contribution in [3.8, 4) is 44.5 Å². The molecule has 8 aromatic carbocycles. The van der Waals surface area contributed by atoms with Crippen molar-refractivity contribution in [3.05, 3.63) is 180 Å². The van der Waals surface area contributed by atoms with Gasteiger partial charge in [-0.2, -0.15) is 0 Å². The fourth-order valence-corrected chi connectivity index (χ4v) is 10.3. The first kappa shape index (κ1) is 24.9. The fraction of sp³-hybridized carbons (Fsp3) is 0.0222. The predicted octanol–water partition coefficient (Wildman–Crippen LogP) is 12.1. The smallest absolute Gasteiger partial charge is 0.0731 e. The van der Waals surface area contributed by atoms with Gasteiger partial charge in [-0.1, -0.05) is 163 Å². The molecule has 46 heavy (non-hydrogen) atoms. The van der Waals surface area contributed by atoms with Gasteiger partial charge in [0.2, 0.25) is 0 Å². The minimum Gasteiger partial charge on any atom is -0.0881 e. The Hall–Kier alpha value is -5.37. The highest BCUT2D eigenvalue weighted by atomic mass is 32.2. The van der Waals surface area contributed by atoms with Crippen molar-refractivity contribution in [3.63, 3.8) is 0 Å². The molecule has 0 nitrogen and oxygen atoms in total. The number of rotatable bonds is 1.